The molecule has 2 heterocycles. The van der Waals surface area contributed by atoms with E-state index in [0.29, 0.717) is 26.2 Å². The summed E-state index contributed by atoms with van der Waals surface area (Å²) in [4.78, 5) is 30.4. The van der Waals surface area contributed by atoms with E-state index in [1.165, 1.54) is 12.1 Å². The van der Waals surface area contributed by atoms with Gasteiger partial charge in [-0.15, -0.1) is 0 Å². The van der Waals surface area contributed by atoms with E-state index in [0.717, 1.165) is 18.4 Å². The summed E-state index contributed by atoms with van der Waals surface area (Å²) in [7, 11) is 3.46. The lowest BCUT2D eigenvalue weighted by molar-refractivity contribution is 0.152. The van der Waals surface area contributed by atoms with Crippen LogP contribution in [0.4, 0.5) is 14.0 Å². The summed E-state index contributed by atoms with van der Waals surface area (Å²) in [5.41, 5.74) is 0.797. The number of carbonyl (C=O) groups is 2. The molecule has 2 fully saturated rings. The van der Waals surface area contributed by atoms with Gasteiger partial charge >= 0.3 is 12.1 Å². The molecule has 4 amide bonds. The van der Waals surface area contributed by atoms with Crippen molar-refractivity contribution in [2.75, 3.05) is 40.3 Å². The average Bonchev–Trinajstić information content (AvgIpc) is 3.18. The number of nitrogens with one attached hydrogen (secondary N) is 1. The molecule has 1 N–H and O–H groups in total. The predicted molar refractivity (Wildman–Crippen MR) is 102 cm³/mol. The maximum Gasteiger partial charge on any atom is 0.320 e. The molecule has 1 aromatic carbocycles. The van der Waals surface area contributed by atoms with Gasteiger partial charge in [-0.2, -0.15) is 0 Å². The van der Waals surface area contributed by atoms with E-state index >= 15 is 0 Å². The van der Waals surface area contributed by atoms with Crippen LogP contribution in [0.25, 0.3) is 0 Å². The van der Waals surface area contributed by atoms with Crippen LogP contribution in [0.5, 0.6) is 0 Å². The first-order valence-corrected chi connectivity index (χ1v) is 9.68. The molecule has 0 radical (unpaired) electrons. The Morgan fingerprint density at radius 3 is 2.70 bits per heavy atom. The predicted octanol–water partition coefficient (Wildman–Crippen LogP) is 2.92. The van der Waals surface area contributed by atoms with Gasteiger partial charge in [0, 0.05) is 52.1 Å². The summed E-state index contributed by atoms with van der Waals surface area (Å²) in [5, 5.41) is 2.97. The number of benzene rings is 1. The number of nitrogens with zero attached hydrogens (tertiary/aromatic N) is 3. The molecule has 0 bridgehead atoms. The zero-order valence-electron chi connectivity index (χ0n) is 16.3. The minimum atomic E-state index is -0.305. The quantitative estimate of drug-likeness (QED) is 0.822. The number of unbranched alkanes of at least 4 members (excludes halogenated alkanes) is 1. The van der Waals surface area contributed by atoms with Gasteiger partial charge in [0.2, 0.25) is 0 Å². The highest BCUT2D eigenvalue weighted by atomic mass is 19.1. The summed E-state index contributed by atoms with van der Waals surface area (Å²) in [6.07, 6.45) is 2.00. The summed E-state index contributed by atoms with van der Waals surface area (Å²) in [6.45, 7) is 4.57. The van der Waals surface area contributed by atoms with Gasteiger partial charge in [0.05, 0.1) is 6.04 Å². The van der Waals surface area contributed by atoms with Gasteiger partial charge in [-0.1, -0.05) is 25.5 Å². The third kappa shape index (κ3) is 4.01. The Kier molecular flexibility index (Phi) is 5.87. The lowest BCUT2D eigenvalue weighted by Crippen LogP contribution is -2.44. The lowest BCUT2D eigenvalue weighted by Gasteiger charge is -2.32. The number of carbonyl (C=O) groups excluding carboxylic acids is 2. The van der Waals surface area contributed by atoms with Crippen molar-refractivity contribution in [2.24, 2.45) is 11.8 Å². The summed E-state index contributed by atoms with van der Waals surface area (Å²) in [6, 6.07) is 6.15. The van der Waals surface area contributed by atoms with Crippen LogP contribution in [0, 0.1) is 17.7 Å². The molecule has 2 saturated heterocycles. The van der Waals surface area contributed by atoms with Crippen LogP contribution in [0.2, 0.25) is 0 Å². The monoisotopic (exact) mass is 376 g/mol. The van der Waals surface area contributed by atoms with E-state index in [4.69, 9.17) is 0 Å². The van der Waals surface area contributed by atoms with E-state index in [-0.39, 0.29) is 35.8 Å². The average molecular weight is 376 g/mol. The number of halogens is 1. The van der Waals surface area contributed by atoms with Gasteiger partial charge < -0.3 is 20.0 Å². The van der Waals surface area contributed by atoms with Crippen molar-refractivity contribution < 1.29 is 14.0 Å². The molecule has 7 heteroatoms. The van der Waals surface area contributed by atoms with Crippen LogP contribution in [0.1, 0.15) is 31.4 Å². The van der Waals surface area contributed by atoms with Gasteiger partial charge in [0.25, 0.3) is 0 Å². The summed E-state index contributed by atoms with van der Waals surface area (Å²) >= 11 is 0. The molecular formula is C20H29FN4O2. The number of amides is 4. The lowest BCUT2D eigenvalue weighted by atomic mass is 9.89. The zero-order valence-corrected chi connectivity index (χ0v) is 16.3. The summed E-state index contributed by atoms with van der Waals surface area (Å²) < 4.78 is 13.8. The minimum absolute atomic E-state index is 0.0404. The second-order valence-electron chi connectivity index (χ2n) is 7.74. The van der Waals surface area contributed by atoms with Crippen molar-refractivity contribution in [1.82, 2.24) is 20.0 Å². The highest BCUT2D eigenvalue weighted by Crippen LogP contribution is 2.45. The Hall–Kier alpha value is -2.31. The molecule has 27 heavy (non-hydrogen) atoms. The third-order valence-electron chi connectivity index (χ3n) is 5.58. The number of fused-ring (bicyclic) bond motifs is 1. The van der Waals surface area contributed by atoms with Crippen LogP contribution in [0.3, 0.4) is 0 Å². The second-order valence-corrected chi connectivity index (χ2v) is 7.74. The normalized spacial score (nSPS) is 24.1. The van der Waals surface area contributed by atoms with Gasteiger partial charge in [-0.05, 0) is 24.1 Å². The summed E-state index contributed by atoms with van der Waals surface area (Å²) in [5.74, 6) is 0.0204. The highest BCUT2D eigenvalue weighted by molar-refractivity contribution is 5.76. The molecule has 6 nitrogen and oxygen atoms in total. The van der Waals surface area contributed by atoms with Crippen LogP contribution >= 0.6 is 0 Å². The van der Waals surface area contributed by atoms with Crippen molar-refractivity contribution in [3.63, 3.8) is 0 Å². The fourth-order valence-electron chi connectivity index (χ4n) is 4.27. The number of hydrogen-bond acceptors (Lipinski definition) is 2. The highest BCUT2D eigenvalue weighted by Gasteiger charge is 2.50. The topological polar surface area (TPSA) is 55.9 Å². The number of urea groups is 2. The smallest absolute Gasteiger partial charge is 0.320 e. The first-order valence-electron chi connectivity index (χ1n) is 9.68. The number of hydrogen-bond donors (Lipinski definition) is 1. The van der Waals surface area contributed by atoms with Crippen molar-refractivity contribution >= 4 is 12.1 Å². The molecule has 1 aromatic rings. The Balaban J connectivity index is 1.79. The Morgan fingerprint density at radius 2 is 2.04 bits per heavy atom. The Labute approximate surface area is 160 Å². The van der Waals surface area contributed by atoms with E-state index in [2.05, 4.69) is 12.2 Å². The van der Waals surface area contributed by atoms with Gasteiger partial charge in [-0.25, -0.2) is 14.0 Å². The molecule has 0 aliphatic carbocycles. The van der Waals surface area contributed by atoms with Crippen molar-refractivity contribution in [1.29, 1.82) is 0 Å². The van der Waals surface area contributed by atoms with Crippen molar-refractivity contribution in [3.05, 3.63) is 35.6 Å². The van der Waals surface area contributed by atoms with Crippen molar-refractivity contribution in [2.45, 2.75) is 25.8 Å². The molecule has 3 rings (SSSR count). The van der Waals surface area contributed by atoms with Gasteiger partial charge in [-0.3, -0.25) is 0 Å². The molecule has 0 saturated carbocycles. The maximum atomic E-state index is 13.8. The second kappa shape index (κ2) is 8.15. The van der Waals surface area contributed by atoms with E-state index in [1.807, 2.05) is 15.9 Å². The fraction of sp³-hybridized carbons (Fsp3) is 0.600. The largest absolute Gasteiger partial charge is 0.338 e. The molecular weight excluding hydrogens is 347 g/mol. The van der Waals surface area contributed by atoms with Crippen LogP contribution in [-0.4, -0.2) is 67.0 Å². The molecule has 3 atom stereocenters. The first-order chi connectivity index (χ1) is 12.9. The third-order valence-corrected chi connectivity index (χ3v) is 5.58. The van der Waals surface area contributed by atoms with Crippen molar-refractivity contribution in [3.8, 4) is 0 Å². The van der Waals surface area contributed by atoms with Gasteiger partial charge in [0.15, 0.2) is 0 Å². The zero-order chi connectivity index (χ0) is 19.6. The minimum Gasteiger partial charge on any atom is -0.338 e. The van der Waals surface area contributed by atoms with E-state index in [9.17, 15) is 14.0 Å². The molecule has 0 unspecified atom stereocenters. The standard InChI is InChI=1S/C20H29FN4O2/c1-4-5-9-22-19(26)24-11-15-12-25(20(27)23(2)3)18(17(15)13-24)14-7-6-8-16(21)10-14/h6-8,10,15,17-18H,4-5,9,11-13H2,1-3H3,(H,22,26)/t15-,17-,18-/m1/s1. The number of rotatable bonds is 4. The van der Waals surface area contributed by atoms with Crippen LogP contribution < -0.4 is 5.32 Å². The Bertz CT molecular complexity index is 696. The Morgan fingerprint density at radius 1 is 1.26 bits per heavy atom. The molecule has 2 aliphatic heterocycles. The molecule has 2 aliphatic rings. The SMILES string of the molecule is CCCCNC(=O)N1C[C@@H]2CN(C(=O)N(C)C)[C@H](c3cccc(F)c3)[C@@H]2C1. The first kappa shape index (κ1) is 19.5. The fourth-order valence-corrected chi connectivity index (χ4v) is 4.27. The van der Waals surface area contributed by atoms with Gasteiger partial charge in [0.1, 0.15) is 5.82 Å². The number of likely N-dealkylation sites (tertiary alicyclic amines) is 2. The maximum absolute atomic E-state index is 13.8. The van der Waals surface area contributed by atoms with Crippen LogP contribution in [-0.2, 0) is 0 Å². The van der Waals surface area contributed by atoms with E-state index in [1.54, 1.807) is 25.1 Å². The molecule has 0 spiro atoms. The van der Waals surface area contributed by atoms with E-state index < -0.39 is 0 Å². The van der Waals surface area contributed by atoms with Crippen LogP contribution in [0.15, 0.2) is 24.3 Å². The molecule has 0 aromatic heterocycles. The molecule has 148 valence electrons.